The van der Waals surface area contributed by atoms with Crippen LogP contribution < -0.4 is 16.0 Å². The Morgan fingerprint density at radius 2 is 1.91 bits per heavy atom. The number of aromatic nitrogens is 5. The Labute approximate surface area is 264 Å². The molecule has 232 valence electrons. The van der Waals surface area contributed by atoms with Crippen LogP contribution in [0.5, 0.6) is 0 Å². The molecule has 4 aromatic rings. The molecule has 3 saturated carbocycles. The van der Waals surface area contributed by atoms with Crippen LogP contribution in [0.4, 0.5) is 10.5 Å². The third-order valence-electron chi connectivity index (χ3n) is 9.60. The number of carbonyl (C=O) groups excluding carboxylic acids is 2. The van der Waals surface area contributed by atoms with Crippen molar-refractivity contribution < 1.29 is 14.3 Å². The van der Waals surface area contributed by atoms with Gasteiger partial charge in [-0.2, -0.15) is 10.4 Å². The molecule has 3 N–H and O–H groups in total. The standard InChI is InChI=1S/C32H35N9O3S/c1-17(42)37-29-20-3-4-21(29)11-22(10-20)30-39-40-31(45-30)25-16-34-27(28-6-5-24-9-19(13-33)15-36-41(24)28)12-26(25)38-23-7-18(8-23)14-35-32(43)44-2/h5-6,9,12,15-16,18,20-23,29H,3-4,7-8,10-11,14H2,1-2H3,(H,34,38)(H,35,43)(H,37,42)/t18?,20-,21+,22?,23?,29?. The number of amides is 2. The van der Waals surface area contributed by atoms with Crippen LogP contribution in [0.3, 0.4) is 0 Å². The van der Waals surface area contributed by atoms with Crippen molar-refractivity contribution in [2.24, 2.45) is 17.8 Å². The summed E-state index contributed by atoms with van der Waals surface area (Å²) in [6, 6.07) is 10.4. The van der Waals surface area contributed by atoms with Crippen molar-refractivity contribution in [3.05, 3.63) is 47.2 Å². The van der Waals surface area contributed by atoms with Crippen LogP contribution in [0, 0.1) is 29.1 Å². The molecule has 0 saturated heterocycles. The van der Waals surface area contributed by atoms with E-state index in [0.29, 0.717) is 35.8 Å². The second-order valence-electron chi connectivity index (χ2n) is 12.5. The highest BCUT2D eigenvalue weighted by atomic mass is 32.1. The average molecular weight is 626 g/mol. The van der Waals surface area contributed by atoms with Crippen molar-refractivity contribution in [2.45, 2.75) is 63.5 Å². The highest BCUT2D eigenvalue weighted by molar-refractivity contribution is 7.14. The quantitative estimate of drug-likeness (QED) is 0.251. The maximum Gasteiger partial charge on any atom is 0.406 e. The van der Waals surface area contributed by atoms with Crippen molar-refractivity contribution in [2.75, 3.05) is 19.0 Å². The van der Waals surface area contributed by atoms with E-state index in [1.54, 1.807) is 35.0 Å². The number of nitriles is 1. The van der Waals surface area contributed by atoms with Crippen molar-refractivity contribution >= 4 is 34.5 Å². The Morgan fingerprint density at radius 1 is 1.11 bits per heavy atom. The number of hydrogen-bond acceptors (Lipinski definition) is 10. The van der Waals surface area contributed by atoms with Crippen molar-refractivity contribution in [3.8, 4) is 28.0 Å². The zero-order chi connectivity index (χ0) is 31.1. The summed E-state index contributed by atoms with van der Waals surface area (Å²) in [5, 5.41) is 34.7. The van der Waals surface area contributed by atoms with Gasteiger partial charge in [-0.05, 0) is 80.5 Å². The van der Waals surface area contributed by atoms with Gasteiger partial charge in [-0.1, -0.05) is 11.3 Å². The number of hydrogen-bond donors (Lipinski definition) is 3. The number of nitrogens with zero attached hydrogens (tertiary/aromatic N) is 6. The maximum atomic E-state index is 11.8. The first-order valence-electron chi connectivity index (χ1n) is 15.5. The molecule has 0 radical (unpaired) electrons. The molecule has 7 rings (SSSR count). The minimum Gasteiger partial charge on any atom is -0.453 e. The van der Waals surface area contributed by atoms with E-state index in [9.17, 15) is 14.9 Å². The Balaban J connectivity index is 1.15. The molecule has 3 aliphatic carbocycles. The van der Waals surface area contributed by atoms with Crippen LogP contribution >= 0.6 is 11.3 Å². The number of carbonyl (C=O) groups is 2. The first-order valence-corrected chi connectivity index (χ1v) is 16.3. The number of anilines is 1. The first kappa shape index (κ1) is 29.2. The lowest BCUT2D eigenvalue weighted by Gasteiger charge is -2.36. The molecule has 0 spiro atoms. The van der Waals surface area contributed by atoms with Crippen LogP contribution in [0.25, 0.3) is 27.5 Å². The molecule has 4 atom stereocenters. The summed E-state index contributed by atoms with van der Waals surface area (Å²) in [4.78, 5) is 28.1. The molecule has 3 aliphatic rings. The van der Waals surface area contributed by atoms with E-state index in [0.717, 1.165) is 76.7 Å². The minimum atomic E-state index is -0.411. The number of nitrogens with one attached hydrogen (secondary N) is 3. The zero-order valence-corrected chi connectivity index (χ0v) is 26.0. The van der Waals surface area contributed by atoms with E-state index in [1.807, 2.05) is 24.4 Å². The average Bonchev–Trinajstić information content (AvgIpc) is 3.73. The molecule has 12 nitrogen and oxygen atoms in total. The van der Waals surface area contributed by atoms with E-state index >= 15 is 0 Å². The fourth-order valence-corrected chi connectivity index (χ4v) is 8.38. The molecule has 2 bridgehead atoms. The van der Waals surface area contributed by atoms with Gasteiger partial charge in [0.05, 0.1) is 41.3 Å². The van der Waals surface area contributed by atoms with Gasteiger partial charge < -0.3 is 20.7 Å². The van der Waals surface area contributed by atoms with Gasteiger partial charge in [0, 0.05) is 43.4 Å². The highest BCUT2D eigenvalue weighted by Crippen LogP contribution is 2.49. The van der Waals surface area contributed by atoms with E-state index in [1.165, 1.54) is 7.11 Å². The minimum absolute atomic E-state index is 0.0536. The molecule has 4 heterocycles. The number of methoxy groups -OCH3 is 1. The molecular weight excluding hydrogens is 590 g/mol. The third-order valence-corrected chi connectivity index (χ3v) is 10.7. The van der Waals surface area contributed by atoms with Crippen molar-refractivity contribution in [1.82, 2.24) is 35.4 Å². The van der Waals surface area contributed by atoms with E-state index in [4.69, 9.17) is 9.72 Å². The van der Waals surface area contributed by atoms with E-state index in [-0.39, 0.29) is 18.0 Å². The Bertz CT molecular complexity index is 1780. The molecule has 13 heteroatoms. The van der Waals surface area contributed by atoms with E-state index < -0.39 is 6.09 Å². The second-order valence-corrected chi connectivity index (χ2v) is 13.5. The lowest BCUT2D eigenvalue weighted by atomic mass is 9.77. The topological polar surface area (TPSA) is 159 Å². The molecule has 2 amide bonds. The number of pyridine rings is 1. The molecule has 4 aromatic heterocycles. The summed E-state index contributed by atoms with van der Waals surface area (Å²) in [5.41, 5.74) is 4.71. The molecule has 3 fully saturated rings. The number of fused-ring (bicyclic) bond motifs is 3. The molecule has 0 aliphatic heterocycles. The second kappa shape index (κ2) is 12.1. The Kier molecular flexibility index (Phi) is 7.83. The van der Waals surface area contributed by atoms with Crippen LogP contribution in [-0.2, 0) is 9.53 Å². The van der Waals surface area contributed by atoms with Gasteiger partial charge in [0.15, 0.2) is 5.01 Å². The summed E-state index contributed by atoms with van der Waals surface area (Å²) in [6.07, 6.45) is 9.16. The SMILES string of the molecule is COC(=O)NCC1CC(Nc2cc(-c3ccc4cc(C#N)cnn34)ncc2-c2nnc(C3C[C@H]4CC[C@@H](C3)C4NC(C)=O)s2)C1. The fourth-order valence-electron chi connectivity index (χ4n) is 7.39. The van der Waals surface area contributed by atoms with Gasteiger partial charge in [0.1, 0.15) is 11.1 Å². The Hall–Kier alpha value is -4.57. The lowest BCUT2D eigenvalue weighted by Crippen LogP contribution is -2.43. The van der Waals surface area contributed by atoms with Crippen LogP contribution in [0.1, 0.15) is 61.9 Å². The first-order chi connectivity index (χ1) is 21.9. The molecule has 0 aromatic carbocycles. The van der Waals surface area contributed by atoms with Gasteiger partial charge in [-0.3, -0.25) is 9.78 Å². The summed E-state index contributed by atoms with van der Waals surface area (Å²) >= 11 is 1.63. The summed E-state index contributed by atoms with van der Waals surface area (Å²) < 4.78 is 6.50. The molecular formula is C32H35N9O3S. The number of alkyl carbamates (subject to hydrolysis) is 1. The van der Waals surface area contributed by atoms with Gasteiger partial charge in [0.25, 0.3) is 0 Å². The van der Waals surface area contributed by atoms with Gasteiger partial charge in [-0.25, -0.2) is 9.31 Å². The fraction of sp³-hybridized carbons (Fsp3) is 0.469. The predicted molar refractivity (Wildman–Crippen MR) is 168 cm³/mol. The monoisotopic (exact) mass is 625 g/mol. The number of rotatable bonds is 8. The summed E-state index contributed by atoms with van der Waals surface area (Å²) in [5.74, 6) is 1.73. The van der Waals surface area contributed by atoms with Crippen molar-refractivity contribution in [3.63, 3.8) is 0 Å². The van der Waals surface area contributed by atoms with Crippen LogP contribution in [-0.4, -0.2) is 62.5 Å². The largest absolute Gasteiger partial charge is 0.453 e. The van der Waals surface area contributed by atoms with Crippen LogP contribution in [0.15, 0.2) is 36.7 Å². The summed E-state index contributed by atoms with van der Waals surface area (Å²) in [6.45, 7) is 2.19. The maximum absolute atomic E-state index is 11.8. The van der Waals surface area contributed by atoms with Gasteiger partial charge in [0.2, 0.25) is 5.91 Å². The normalized spacial score (nSPS) is 25.3. The number of ether oxygens (including phenoxy) is 1. The smallest absolute Gasteiger partial charge is 0.406 e. The highest BCUT2D eigenvalue weighted by Gasteiger charge is 2.44. The lowest BCUT2D eigenvalue weighted by molar-refractivity contribution is -0.120. The zero-order valence-electron chi connectivity index (χ0n) is 25.2. The van der Waals surface area contributed by atoms with E-state index in [2.05, 4.69) is 37.3 Å². The van der Waals surface area contributed by atoms with Crippen molar-refractivity contribution in [1.29, 1.82) is 5.26 Å². The summed E-state index contributed by atoms with van der Waals surface area (Å²) in [7, 11) is 1.37. The molecule has 2 unspecified atom stereocenters. The van der Waals surface area contributed by atoms with Crippen LogP contribution in [0.2, 0.25) is 0 Å². The predicted octanol–water partition coefficient (Wildman–Crippen LogP) is 4.74. The Morgan fingerprint density at radius 3 is 2.64 bits per heavy atom. The van der Waals surface area contributed by atoms with Gasteiger partial charge in [-0.15, -0.1) is 10.2 Å². The van der Waals surface area contributed by atoms with Gasteiger partial charge >= 0.3 is 6.09 Å². The third kappa shape index (κ3) is 5.82. The molecule has 45 heavy (non-hydrogen) atoms.